The van der Waals surface area contributed by atoms with Gasteiger partial charge < -0.3 is 4.74 Å². The molecular formula is C22H20Cl2N2O2S. The second-order valence-corrected chi connectivity index (χ2v) is 8.47. The number of halogens is 2. The van der Waals surface area contributed by atoms with E-state index in [2.05, 4.69) is 24.4 Å². The van der Waals surface area contributed by atoms with Crippen LogP contribution in [-0.2, 0) is 6.61 Å². The van der Waals surface area contributed by atoms with Crippen molar-refractivity contribution in [3.05, 3.63) is 85.5 Å². The average Bonchev–Trinajstić information content (AvgIpc) is 3.18. The summed E-state index contributed by atoms with van der Waals surface area (Å²) < 4.78 is 5.80. The van der Waals surface area contributed by atoms with E-state index < -0.39 is 0 Å². The molecule has 0 fully saturated rings. The highest BCUT2D eigenvalue weighted by atomic mass is 35.5. The Labute approximate surface area is 184 Å². The van der Waals surface area contributed by atoms with Crippen molar-refractivity contribution in [2.24, 2.45) is 5.10 Å². The lowest BCUT2D eigenvalue weighted by Crippen LogP contribution is -2.16. The third kappa shape index (κ3) is 6.07. The maximum atomic E-state index is 12.2. The smallest absolute Gasteiger partial charge is 0.272 e. The lowest BCUT2D eigenvalue weighted by molar-refractivity contribution is 0.0955. The summed E-state index contributed by atoms with van der Waals surface area (Å²) in [6.45, 7) is 4.52. The van der Waals surface area contributed by atoms with Gasteiger partial charge in [0.25, 0.3) is 5.91 Å². The van der Waals surface area contributed by atoms with Crippen LogP contribution in [0.3, 0.4) is 0 Å². The molecule has 1 amide bonds. The zero-order valence-corrected chi connectivity index (χ0v) is 18.3. The first-order chi connectivity index (χ1) is 13.9. The average molecular weight is 447 g/mol. The fourth-order valence-corrected chi connectivity index (χ4v) is 3.86. The summed E-state index contributed by atoms with van der Waals surface area (Å²) in [5, 5.41) is 7.03. The van der Waals surface area contributed by atoms with E-state index in [0.29, 0.717) is 33.9 Å². The van der Waals surface area contributed by atoms with Gasteiger partial charge in [-0.05, 0) is 41.8 Å². The minimum absolute atomic E-state index is 0.228. The normalized spacial score (nSPS) is 11.2. The molecule has 150 valence electrons. The summed E-state index contributed by atoms with van der Waals surface area (Å²) in [6, 6.07) is 14.6. The van der Waals surface area contributed by atoms with Crippen LogP contribution in [0.15, 0.2) is 59.0 Å². The van der Waals surface area contributed by atoms with Gasteiger partial charge in [-0.15, -0.1) is 11.3 Å². The van der Waals surface area contributed by atoms with E-state index in [1.165, 1.54) is 4.88 Å². The Bertz CT molecular complexity index is 1030. The first kappa shape index (κ1) is 21.4. The van der Waals surface area contributed by atoms with Crippen LogP contribution in [-0.4, -0.2) is 12.1 Å². The molecule has 0 spiro atoms. The molecule has 0 saturated carbocycles. The second-order valence-electron chi connectivity index (χ2n) is 6.69. The van der Waals surface area contributed by atoms with Crippen molar-refractivity contribution in [1.82, 2.24) is 5.43 Å². The van der Waals surface area contributed by atoms with E-state index in [1.807, 2.05) is 41.8 Å². The summed E-state index contributed by atoms with van der Waals surface area (Å²) in [5.74, 6) is 0.843. The number of benzene rings is 2. The van der Waals surface area contributed by atoms with Crippen LogP contribution >= 0.6 is 34.5 Å². The molecule has 1 N–H and O–H groups in total. The Balaban J connectivity index is 1.58. The zero-order valence-electron chi connectivity index (χ0n) is 16.0. The molecule has 0 radical (unpaired) electrons. The van der Waals surface area contributed by atoms with E-state index in [-0.39, 0.29) is 5.91 Å². The van der Waals surface area contributed by atoms with Gasteiger partial charge in [0.15, 0.2) is 0 Å². The second kappa shape index (κ2) is 9.92. The van der Waals surface area contributed by atoms with Crippen LogP contribution in [0.2, 0.25) is 10.0 Å². The fourth-order valence-electron chi connectivity index (χ4n) is 2.49. The molecule has 0 saturated heterocycles. The number of hydrogen-bond donors (Lipinski definition) is 1. The van der Waals surface area contributed by atoms with E-state index in [4.69, 9.17) is 27.9 Å². The van der Waals surface area contributed by atoms with Crippen LogP contribution in [0.4, 0.5) is 0 Å². The van der Waals surface area contributed by atoms with Crippen LogP contribution in [0.25, 0.3) is 0 Å². The van der Waals surface area contributed by atoms with E-state index in [0.717, 1.165) is 11.1 Å². The Morgan fingerprint density at radius 3 is 2.76 bits per heavy atom. The van der Waals surface area contributed by atoms with Crippen LogP contribution in [0.5, 0.6) is 5.75 Å². The number of ether oxygens (including phenoxy) is 1. The molecular weight excluding hydrogens is 427 g/mol. The first-order valence-electron chi connectivity index (χ1n) is 9.01. The highest BCUT2D eigenvalue weighted by molar-refractivity contribution is 7.10. The molecule has 0 bridgehead atoms. The van der Waals surface area contributed by atoms with Crippen LogP contribution in [0, 0.1) is 0 Å². The number of hydrazone groups is 1. The third-order valence-electron chi connectivity index (χ3n) is 4.10. The summed E-state index contributed by atoms with van der Waals surface area (Å²) >= 11 is 13.7. The number of nitrogens with zero attached hydrogens (tertiary/aromatic N) is 1. The summed E-state index contributed by atoms with van der Waals surface area (Å²) in [7, 11) is 0. The molecule has 29 heavy (non-hydrogen) atoms. The molecule has 0 atom stereocenters. The minimum atomic E-state index is -0.228. The van der Waals surface area contributed by atoms with Crippen molar-refractivity contribution >= 4 is 46.7 Å². The third-order valence-corrected chi connectivity index (χ3v) is 5.92. The number of carbonyl (C=O) groups is 1. The van der Waals surface area contributed by atoms with Gasteiger partial charge in [-0.3, -0.25) is 4.79 Å². The standard InChI is InChI=1S/C22H20Cl2N2O2S/c1-14(2)21-9-17(13-29-21)22(27)26-25-11-15-4-3-5-19(8-15)28-12-16-6-7-18(23)10-20(16)24/h3-11,13-14H,12H2,1-2H3,(H,26,27)/b25-11-. The monoisotopic (exact) mass is 446 g/mol. The molecule has 0 aliphatic carbocycles. The molecule has 1 heterocycles. The molecule has 3 rings (SSSR count). The zero-order chi connectivity index (χ0) is 20.8. The predicted molar refractivity (Wildman–Crippen MR) is 121 cm³/mol. The maximum absolute atomic E-state index is 12.2. The Morgan fingerprint density at radius 1 is 1.21 bits per heavy atom. The number of amides is 1. The minimum Gasteiger partial charge on any atom is -0.489 e. The topological polar surface area (TPSA) is 50.7 Å². The molecule has 0 aliphatic heterocycles. The van der Waals surface area contributed by atoms with Gasteiger partial charge >= 0.3 is 0 Å². The SMILES string of the molecule is CC(C)c1cc(C(=O)N/N=C\c2cccc(OCc3ccc(Cl)cc3Cl)c2)cs1. The van der Waals surface area contributed by atoms with Gasteiger partial charge in [-0.25, -0.2) is 5.43 Å². The Hall–Kier alpha value is -2.34. The molecule has 4 nitrogen and oxygen atoms in total. The van der Waals surface area contributed by atoms with E-state index >= 15 is 0 Å². The summed E-state index contributed by atoms with van der Waals surface area (Å²) in [4.78, 5) is 13.4. The van der Waals surface area contributed by atoms with Crippen molar-refractivity contribution in [3.63, 3.8) is 0 Å². The number of hydrogen-bond acceptors (Lipinski definition) is 4. The Morgan fingerprint density at radius 2 is 2.03 bits per heavy atom. The number of carbonyl (C=O) groups excluding carboxylic acids is 1. The van der Waals surface area contributed by atoms with Gasteiger partial charge in [0.1, 0.15) is 12.4 Å². The molecule has 0 unspecified atom stereocenters. The van der Waals surface area contributed by atoms with E-state index in [9.17, 15) is 4.79 Å². The maximum Gasteiger partial charge on any atom is 0.272 e. The van der Waals surface area contributed by atoms with Crippen molar-refractivity contribution in [3.8, 4) is 5.75 Å². The number of nitrogens with one attached hydrogen (secondary N) is 1. The molecule has 7 heteroatoms. The number of rotatable bonds is 7. The predicted octanol–water partition coefficient (Wildman–Crippen LogP) is 6.52. The van der Waals surface area contributed by atoms with Gasteiger partial charge in [0.05, 0.1) is 11.8 Å². The van der Waals surface area contributed by atoms with Crippen molar-refractivity contribution in [1.29, 1.82) is 0 Å². The molecule has 0 aliphatic rings. The highest BCUT2D eigenvalue weighted by Gasteiger charge is 2.09. The quantitative estimate of drug-likeness (QED) is 0.331. The van der Waals surface area contributed by atoms with Crippen molar-refractivity contribution in [2.45, 2.75) is 26.4 Å². The summed E-state index contributed by atoms with van der Waals surface area (Å²) in [5.41, 5.74) is 4.82. The summed E-state index contributed by atoms with van der Waals surface area (Å²) in [6.07, 6.45) is 1.58. The molecule has 3 aromatic rings. The van der Waals surface area contributed by atoms with Crippen LogP contribution in [0.1, 0.15) is 46.1 Å². The molecule has 2 aromatic carbocycles. The highest BCUT2D eigenvalue weighted by Crippen LogP contribution is 2.24. The lowest BCUT2D eigenvalue weighted by Gasteiger charge is -2.08. The van der Waals surface area contributed by atoms with Crippen molar-refractivity contribution in [2.75, 3.05) is 0 Å². The molecule has 1 aromatic heterocycles. The fraction of sp³-hybridized carbons (Fsp3) is 0.182. The van der Waals surface area contributed by atoms with Crippen molar-refractivity contribution < 1.29 is 9.53 Å². The van der Waals surface area contributed by atoms with Gasteiger partial charge in [-0.2, -0.15) is 5.10 Å². The lowest BCUT2D eigenvalue weighted by atomic mass is 10.1. The van der Waals surface area contributed by atoms with Gasteiger partial charge in [-0.1, -0.05) is 55.2 Å². The van der Waals surface area contributed by atoms with Gasteiger partial charge in [0, 0.05) is 25.9 Å². The van der Waals surface area contributed by atoms with E-state index in [1.54, 1.807) is 29.7 Å². The number of thiophene rings is 1. The Kier molecular flexibility index (Phi) is 7.31. The van der Waals surface area contributed by atoms with Gasteiger partial charge in [0.2, 0.25) is 0 Å². The van der Waals surface area contributed by atoms with Crippen LogP contribution < -0.4 is 10.2 Å². The largest absolute Gasteiger partial charge is 0.489 e. The first-order valence-corrected chi connectivity index (χ1v) is 10.6.